The third-order valence-electron chi connectivity index (χ3n) is 2.64. The summed E-state index contributed by atoms with van der Waals surface area (Å²) >= 11 is 11.7. The van der Waals surface area contributed by atoms with Crippen LogP contribution in [0.5, 0.6) is 0 Å². The fourth-order valence-corrected chi connectivity index (χ4v) is 2.26. The highest BCUT2D eigenvalue weighted by Gasteiger charge is 2.34. The number of nitrogens with zero attached hydrogens (tertiary/aromatic N) is 1. The summed E-state index contributed by atoms with van der Waals surface area (Å²) in [6.07, 6.45) is 1.08. The average molecular weight is 248 g/mol. The Kier molecular flexibility index (Phi) is 3.16. The van der Waals surface area contributed by atoms with Crippen molar-refractivity contribution in [3.05, 3.63) is 28.0 Å². The summed E-state index contributed by atoms with van der Waals surface area (Å²) in [5, 5.41) is 11.0. The number of halogens is 2. The molecule has 1 aliphatic rings. The standard InChI is InChI=1S/C10H11Cl2NO2/c11-8-2-1-7(9(12)13-8)10(14)3-5-15-6-4-10/h1-2,14H,3-6H2. The van der Waals surface area contributed by atoms with E-state index in [4.69, 9.17) is 27.9 Å². The van der Waals surface area contributed by atoms with Gasteiger partial charge >= 0.3 is 0 Å². The van der Waals surface area contributed by atoms with Crippen molar-refractivity contribution in [2.45, 2.75) is 18.4 Å². The summed E-state index contributed by atoms with van der Waals surface area (Å²) < 4.78 is 5.20. The molecule has 0 bridgehead atoms. The van der Waals surface area contributed by atoms with Crippen molar-refractivity contribution in [2.24, 2.45) is 0 Å². The molecule has 1 aromatic rings. The van der Waals surface area contributed by atoms with Gasteiger partial charge in [-0.2, -0.15) is 0 Å². The Morgan fingerprint density at radius 1 is 1.27 bits per heavy atom. The molecule has 0 amide bonds. The third-order valence-corrected chi connectivity index (χ3v) is 3.13. The Bertz CT molecular complexity index is 364. The van der Waals surface area contributed by atoms with Crippen LogP contribution in [0.4, 0.5) is 0 Å². The first-order valence-electron chi connectivity index (χ1n) is 4.74. The molecule has 0 radical (unpaired) electrons. The van der Waals surface area contributed by atoms with Crippen molar-refractivity contribution in [2.75, 3.05) is 13.2 Å². The van der Waals surface area contributed by atoms with Gasteiger partial charge in [-0.25, -0.2) is 4.98 Å². The van der Waals surface area contributed by atoms with E-state index in [0.29, 0.717) is 36.8 Å². The Morgan fingerprint density at radius 3 is 2.53 bits per heavy atom. The fourth-order valence-electron chi connectivity index (χ4n) is 1.74. The Hall–Kier alpha value is -0.350. The molecule has 5 heteroatoms. The van der Waals surface area contributed by atoms with Gasteiger partial charge in [0.05, 0.1) is 5.60 Å². The van der Waals surface area contributed by atoms with Gasteiger partial charge in [0.1, 0.15) is 10.3 Å². The third kappa shape index (κ3) is 2.26. The Labute approximate surface area is 98.0 Å². The van der Waals surface area contributed by atoms with E-state index in [9.17, 15) is 5.11 Å². The summed E-state index contributed by atoms with van der Waals surface area (Å²) in [7, 11) is 0. The van der Waals surface area contributed by atoms with Crippen LogP contribution in [0.3, 0.4) is 0 Å². The highest BCUT2D eigenvalue weighted by atomic mass is 35.5. The Balaban J connectivity index is 2.35. The van der Waals surface area contributed by atoms with Crippen LogP contribution in [0.15, 0.2) is 12.1 Å². The maximum absolute atomic E-state index is 10.4. The summed E-state index contributed by atoms with van der Waals surface area (Å²) in [5.74, 6) is 0. The number of hydrogen-bond donors (Lipinski definition) is 1. The van der Waals surface area contributed by atoms with Crippen LogP contribution in [-0.2, 0) is 10.3 Å². The largest absolute Gasteiger partial charge is 0.385 e. The van der Waals surface area contributed by atoms with Crippen molar-refractivity contribution >= 4 is 23.2 Å². The molecule has 2 rings (SSSR count). The topological polar surface area (TPSA) is 42.4 Å². The van der Waals surface area contributed by atoms with Gasteiger partial charge in [0, 0.05) is 31.6 Å². The minimum absolute atomic E-state index is 0.270. The van der Waals surface area contributed by atoms with Crippen LogP contribution in [0.1, 0.15) is 18.4 Å². The molecule has 1 N–H and O–H groups in total. The molecule has 1 aliphatic heterocycles. The minimum atomic E-state index is -0.924. The molecule has 1 saturated heterocycles. The fraction of sp³-hybridized carbons (Fsp3) is 0.500. The molecule has 3 nitrogen and oxygen atoms in total. The lowest BCUT2D eigenvalue weighted by molar-refractivity contribution is -0.0680. The van der Waals surface area contributed by atoms with Crippen molar-refractivity contribution in [1.29, 1.82) is 0 Å². The van der Waals surface area contributed by atoms with Crippen molar-refractivity contribution in [3.63, 3.8) is 0 Å². The second kappa shape index (κ2) is 4.26. The summed E-state index contributed by atoms with van der Waals surface area (Å²) in [4.78, 5) is 3.92. The van der Waals surface area contributed by atoms with Crippen molar-refractivity contribution < 1.29 is 9.84 Å². The zero-order chi connectivity index (χ0) is 10.9. The number of ether oxygens (including phenoxy) is 1. The molecule has 0 unspecified atom stereocenters. The quantitative estimate of drug-likeness (QED) is 0.776. The average Bonchev–Trinajstić information content (AvgIpc) is 2.18. The van der Waals surface area contributed by atoms with Gasteiger partial charge in [0.15, 0.2) is 0 Å². The van der Waals surface area contributed by atoms with E-state index in [1.807, 2.05) is 0 Å². The van der Waals surface area contributed by atoms with Gasteiger partial charge in [-0.3, -0.25) is 0 Å². The smallest absolute Gasteiger partial charge is 0.136 e. The highest BCUT2D eigenvalue weighted by molar-refractivity contribution is 6.32. The highest BCUT2D eigenvalue weighted by Crippen LogP contribution is 2.35. The molecule has 0 saturated carbocycles. The van der Waals surface area contributed by atoms with Gasteiger partial charge in [-0.1, -0.05) is 23.2 Å². The maximum Gasteiger partial charge on any atom is 0.136 e. The van der Waals surface area contributed by atoms with Crippen LogP contribution >= 0.6 is 23.2 Å². The first-order chi connectivity index (χ1) is 7.12. The number of hydrogen-bond acceptors (Lipinski definition) is 3. The first kappa shape index (κ1) is 11.1. The molecule has 1 aromatic heterocycles. The molecule has 15 heavy (non-hydrogen) atoms. The van der Waals surface area contributed by atoms with Crippen molar-refractivity contribution in [1.82, 2.24) is 4.98 Å². The van der Waals surface area contributed by atoms with E-state index in [-0.39, 0.29) is 5.15 Å². The zero-order valence-corrected chi connectivity index (χ0v) is 9.55. The lowest BCUT2D eigenvalue weighted by atomic mass is 9.87. The molecule has 2 heterocycles. The lowest BCUT2D eigenvalue weighted by Crippen LogP contribution is -2.33. The predicted octanol–water partition coefficient (Wildman–Crippen LogP) is 2.39. The summed E-state index contributed by atoms with van der Waals surface area (Å²) in [6.45, 7) is 1.07. The van der Waals surface area contributed by atoms with Gasteiger partial charge in [-0.15, -0.1) is 0 Å². The number of rotatable bonds is 1. The van der Waals surface area contributed by atoms with E-state index >= 15 is 0 Å². The normalized spacial score (nSPS) is 20.2. The second-order valence-electron chi connectivity index (χ2n) is 3.62. The maximum atomic E-state index is 10.4. The van der Waals surface area contributed by atoms with Crippen LogP contribution in [0.25, 0.3) is 0 Å². The molecule has 1 fully saturated rings. The van der Waals surface area contributed by atoms with E-state index in [1.54, 1.807) is 12.1 Å². The van der Waals surface area contributed by atoms with E-state index < -0.39 is 5.60 Å². The van der Waals surface area contributed by atoms with Crippen LogP contribution in [0.2, 0.25) is 10.3 Å². The first-order valence-corrected chi connectivity index (χ1v) is 5.50. The summed E-state index contributed by atoms with van der Waals surface area (Å²) in [6, 6.07) is 3.36. The van der Waals surface area contributed by atoms with E-state index in [0.717, 1.165) is 0 Å². The van der Waals surface area contributed by atoms with Crippen molar-refractivity contribution in [3.8, 4) is 0 Å². The zero-order valence-electron chi connectivity index (χ0n) is 8.04. The second-order valence-corrected chi connectivity index (χ2v) is 4.36. The van der Waals surface area contributed by atoms with Gasteiger partial charge in [-0.05, 0) is 12.1 Å². The molecule has 0 atom stereocenters. The number of aliphatic hydroxyl groups is 1. The predicted molar refractivity (Wildman–Crippen MR) is 58.2 cm³/mol. The molecule has 0 spiro atoms. The Morgan fingerprint density at radius 2 is 1.93 bits per heavy atom. The van der Waals surface area contributed by atoms with Crippen LogP contribution in [-0.4, -0.2) is 23.3 Å². The molecular formula is C10H11Cl2NO2. The van der Waals surface area contributed by atoms with Gasteiger partial charge in [0.25, 0.3) is 0 Å². The van der Waals surface area contributed by atoms with E-state index in [2.05, 4.69) is 4.98 Å². The molecule has 82 valence electrons. The van der Waals surface area contributed by atoms with Crippen LogP contribution < -0.4 is 0 Å². The molecule has 0 aliphatic carbocycles. The molecule has 0 aromatic carbocycles. The summed E-state index contributed by atoms with van der Waals surface area (Å²) in [5.41, 5.74) is -0.288. The lowest BCUT2D eigenvalue weighted by Gasteiger charge is -2.32. The SMILES string of the molecule is OC1(c2ccc(Cl)nc2Cl)CCOCC1. The number of pyridine rings is 1. The van der Waals surface area contributed by atoms with Gasteiger partial charge in [0.2, 0.25) is 0 Å². The van der Waals surface area contributed by atoms with Crippen LogP contribution in [0, 0.1) is 0 Å². The monoisotopic (exact) mass is 247 g/mol. The van der Waals surface area contributed by atoms with Gasteiger partial charge < -0.3 is 9.84 Å². The minimum Gasteiger partial charge on any atom is -0.385 e. The molecular weight excluding hydrogens is 237 g/mol. The van der Waals surface area contributed by atoms with E-state index in [1.165, 1.54) is 0 Å². The number of aromatic nitrogens is 1.